The monoisotopic (exact) mass is 414 g/mol. The zero-order chi connectivity index (χ0) is 20.8. The van der Waals surface area contributed by atoms with Crippen LogP contribution in [0.25, 0.3) is 6.08 Å². The highest BCUT2D eigenvalue weighted by Gasteiger charge is 2.34. The third kappa shape index (κ3) is 5.23. The molecule has 0 unspecified atom stereocenters. The Morgan fingerprint density at radius 3 is 2.62 bits per heavy atom. The van der Waals surface area contributed by atoms with Gasteiger partial charge in [0, 0.05) is 18.7 Å². The first-order chi connectivity index (χ1) is 14.0. The lowest BCUT2D eigenvalue weighted by atomic mass is 10.1. The normalized spacial score (nSPS) is 15.1. The lowest BCUT2D eigenvalue weighted by molar-refractivity contribution is -0.124. The van der Waals surface area contributed by atoms with Crippen molar-refractivity contribution in [1.29, 1.82) is 0 Å². The molecular weight excluding hydrogens is 395 g/mol. The number of nitrogens with zero attached hydrogens (tertiary/aromatic N) is 1. The Labute approximate surface area is 171 Å². The van der Waals surface area contributed by atoms with E-state index in [4.69, 9.17) is 4.74 Å². The quantitative estimate of drug-likeness (QED) is 0.704. The molecule has 0 aliphatic carbocycles. The molecule has 0 bridgehead atoms. The number of halogens is 1. The van der Waals surface area contributed by atoms with Gasteiger partial charge in [-0.05, 0) is 41.6 Å². The van der Waals surface area contributed by atoms with E-state index >= 15 is 0 Å². The minimum Gasteiger partial charge on any atom is -0.496 e. The minimum absolute atomic E-state index is 0.0725. The van der Waals surface area contributed by atoms with Crippen molar-refractivity contribution in [2.75, 3.05) is 20.2 Å². The van der Waals surface area contributed by atoms with E-state index in [1.165, 1.54) is 31.4 Å². The van der Waals surface area contributed by atoms with Crippen molar-refractivity contribution < 1.29 is 23.5 Å². The van der Waals surface area contributed by atoms with Crippen molar-refractivity contribution in [3.8, 4) is 5.75 Å². The van der Waals surface area contributed by atoms with Crippen LogP contribution in [0.15, 0.2) is 53.4 Å². The average Bonchev–Trinajstić information content (AvgIpc) is 2.97. The molecule has 150 valence electrons. The molecule has 3 rings (SSSR count). The second-order valence-corrected chi connectivity index (χ2v) is 7.22. The molecule has 6 nitrogen and oxygen atoms in total. The second kappa shape index (κ2) is 9.38. The first kappa shape index (κ1) is 20.6. The molecule has 1 fully saturated rings. The highest BCUT2D eigenvalue weighted by molar-refractivity contribution is 8.18. The van der Waals surface area contributed by atoms with Crippen LogP contribution in [-0.4, -0.2) is 42.2 Å². The molecule has 0 radical (unpaired) electrons. The highest BCUT2D eigenvalue weighted by Crippen LogP contribution is 2.31. The predicted molar refractivity (Wildman–Crippen MR) is 109 cm³/mol. The summed E-state index contributed by atoms with van der Waals surface area (Å²) in [5.74, 6) is -0.412. The number of ether oxygens (including phenoxy) is 1. The van der Waals surface area contributed by atoms with Crippen LogP contribution in [0.3, 0.4) is 0 Å². The van der Waals surface area contributed by atoms with Gasteiger partial charge in [0.25, 0.3) is 11.1 Å². The van der Waals surface area contributed by atoms with E-state index in [2.05, 4.69) is 5.32 Å². The highest BCUT2D eigenvalue weighted by atomic mass is 32.2. The van der Waals surface area contributed by atoms with Gasteiger partial charge < -0.3 is 10.1 Å². The molecule has 1 saturated heterocycles. The predicted octanol–water partition coefficient (Wildman–Crippen LogP) is 3.23. The maximum atomic E-state index is 13.0. The van der Waals surface area contributed by atoms with Gasteiger partial charge in [-0.3, -0.25) is 19.3 Å². The molecule has 3 amide bonds. The van der Waals surface area contributed by atoms with Gasteiger partial charge in [0.1, 0.15) is 11.6 Å². The van der Waals surface area contributed by atoms with Crippen molar-refractivity contribution in [1.82, 2.24) is 10.2 Å². The fourth-order valence-electron chi connectivity index (χ4n) is 2.79. The zero-order valence-corrected chi connectivity index (χ0v) is 16.5. The number of carbonyl (C=O) groups is 3. The fraction of sp³-hybridized carbons (Fsp3) is 0.190. The Bertz CT molecular complexity index is 959. The van der Waals surface area contributed by atoms with E-state index in [1.54, 1.807) is 18.2 Å². The number of methoxy groups -OCH3 is 1. The number of para-hydroxylation sites is 1. The van der Waals surface area contributed by atoms with Crippen molar-refractivity contribution in [3.63, 3.8) is 0 Å². The number of hydrogen-bond donors (Lipinski definition) is 1. The van der Waals surface area contributed by atoms with Gasteiger partial charge in [-0.15, -0.1) is 0 Å². The van der Waals surface area contributed by atoms with E-state index in [1.807, 2.05) is 12.1 Å². The molecule has 1 aliphatic rings. The van der Waals surface area contributed by atoms with Crippen LogP contribution in [-0.2, 0) is 16.0 Å². The van der Waals surface area contributed by atoms with Crippen molar-refractivity contribution in [3.05, 3.63) is 70.4 Å². The van der Waals surface area contributed by atoms with Crippen LogP contribution in [0, 0.1) is 5.82 Å². The maximum absolute atomic E-state index is 13.0. The number of carbonyl (C=O) groups excluding carboxylic acids is 3. The SMILES string of the molecule is COc1ccccc1CC(=O)NCCN1C(=O)S/C(=C\c2ccc(F)cc2)C1=O. The summed E-state index contributed by atoms with van der Waals surface area (Å²) in [6.45, 7) is 0.221. The summed E-state index contributed by atoms with van der Waals surface area (Å²) in [7, 11) is 1.54. The van der Waals surface area contributed by atoms with Crippen LogP contribution < -0.4 is 10.1 Å². The molecule has 0 aromatic heterocycles. The van der Waals surface area contributed by atoms with E-state index in [-0.39, 0.29) is 36.1 Å². The molecule has 1 heterocycles. The van der Waals surface area contributed by atoms with Crippen LogP contribution in [0.5, 0.6) is 5.75 Å². The number of thioether (sulfide) groups is 1. The summed E-state index contributed by atoms with van der Waals surface area (Å²) >= 11 is 0.823. The van der Waals surface area contributed by atoms with E-state index in [9.17, 15) is 18.8 Å². The van der Waals surface area contributed by atoms with Crippen molar-refractivity contribution in [2.24, 2.45) is 0 Å². The Hall–Kier alpha value is -3.13. The molecule has 0 saturated carbocycles. The van der Waals surface area contributed by atoms with Gasteiger partial charge in [-0.2, -0.15) is 0 Å². The Kier molecular flexibility index (Phi) is 6.66. The van der Waals surface area contributed by atoms with Gasteiger partial charge in [0.15, 0.2) is 0 Å². The third-order valence-electron chi connectivity index (χ3n) is 4.24. The largest absolute Gasteiger partial charge is 0.496 e. The molecule has 2 aromatic rings. The lowest BCUT2D eigenvalue weighted by Gasteiger charge is -2.13. The molecular formula is C21H19FN2O4S. The molecule has 2 aromatic carbocycles. The molecule has 0 spiro atoms. The summed E-state index contributed by atoms with van der Waals surface area (Å²) in [5.41, 5.74) is 1.38. The number of amides is 3. The molecule has 1 N–H and O–H groups in total. The number of hydrogen-bond acceptors (Lipinski definition) is 5. The van der Waals surface area contributed by atoms with Crippen LogP contribution in [0.2, 0.25) is 0 Å². The Morgan fingerprint density at radius 1 is 1.17 bits per heavy atom. The number of imide groups is 1. The Morgan fingerprint density at radius 2 is 1.90 bits per heavy atom. The van der Waals surface area contributed by atoms with Crippen LogP contribution in [0.4, 0.5) is 9.18 Å². The van der Waals surface area contributed by atoms with E-state index in [0.717, 1.165) is 22.2 Å². The fourth-order valence-corrected chi connectivity index (χ4v) is 3.66. The minimum atomic E-state index is -0.427. The second-order valence-electron chi connectivity index (χ2n) is 6.22. The van der Waals surface area contributed by atoms with Crippen LogP contribution in [0.1, 0.15) is 11.1 Å². The number of nitrogens with one attached hydrogen (secondary N) is 1. The summed E-state index contributed by atoms with van der Waals surface area (Å²) < 4.78 is 18.2. The first-order valence-corrected chi connectivity index (χ1v) is 9.69. The molecule has 1 aliphatic heterocycles. The number of rotatable bonds is 7. The Balaban J connectivity index is 1.54. The van der Waals surface area contributed by atoms with Gasteiger partial charge in [0.05, 0.1) is 18.4 Å². The van der Waals surface area contributed by atoms with Gasteiger partial charge >= 0.3 is 0 Å². The van der Waals surface area contributed by atoms with Gasteiger partial charge in [0.2, 0.25) is 5.91 Å². The van der Waals surface area contributed by atoms with Gasteiger partial charge in [-0.1, -0.05) is 30.3 Å². The maximum Gasteiger partial charge on any atom is 0.293 e. The third-order valence-corrected chi connectivity index (χ3v) is 5.15. The molecule has 8 heteroatoms. The molecule has 0 atom stereocenters. The van der Waals surface area contributed by atoms with Crippen molar-refractivity contribution >= 4 is 34.9 Å². The lowest BCUT2D eigenvalue weighted by Crippen LogP contribution is -2.37. The van der Waals surface area contributed by atoms with E-state index < -0.39 is 11.1 Å². The average molecular weight is 414 g/mol. The first-order valence-electron chi connectivity index (χ1n) is 8.87. The number of benzene rings is 2. The smallest absolute Gasteiger partial charge is 0.293 e. The zero-order valence-electron chi connectivity index (χ0n) is 15.7. The summed E-state index contributed by atoms with van der Waals surface area (Å²) in [6, 6.07) is 12.8. The van der Waals surface area contributed by atoms with Gasteiger partial charge in [-0.25, -0.2) is 4.39 Å². The summed E-state index contributed by atoms with van der Waals surface area (Å²) in [4.78, 5) is 38.1. The summed E-state index contributed by atoms with van der Waals surface area (Å²) in [5, 5.41) is 2.31. The van der Waals surface area contributed by atoms with E-state index in [0.29, 0.717) is 11.3 Å². The summed E-state index contributed by atoms with van der Waals surface area (Å²) in [6.07, 6.45) is 1.68. The topological polar surface area (TPSA) is 75.7 Å². The van der Waals surface area contributed by atoms with Crippen LogP contribution >= 0.6 is 11.8 Å². The standard InChI is InChI=1S/C21H19FN2O4S/c1-28-17-5-3-2-4-15(17)13-19(25)23-10-11-24-20(26)18(29-21(24)27)12-14-6-8-16(22)9-7-14/h2-9,12H,10-11,13H2,1H3,(H,23,25)/b18-12-. The van der Waals surface area contributed by atoms with Crippen molar-refractivity contribution in [2.45, 2.75) is 6.42 Å². The molecule has 29 heavy (non-hydrogen) atoms.